The predicted octanol–water partition coefficient (Wildman–Crippen LogP) is 5.49. The fraction of sp³-hybridized carbons (Fsp3) is 0.405. The number of nitrogen functional groups attached to an aromatic ring is 1. The minimum atomic E-state index is -0.803. The number of carbonyl (C=O) groups is 4. The molecular weight excluding hydrogens is 782 g/mol. The summed E-state index contributed by atoms with van der Waals surface area (Å²) in [5.74, 6) is -0.506. The van der Waals surface area contributed by atoms with Crippen LogP contribution in [0.2, 0.25) is 0 Å². The van der Waals surface area contributed by atoms with Crippen molar-refractivity contribution in [2.75, 3.05) is 68.4 Å². The van der Waals surface area contributed by atoms with E-state index in [1.54, 1.807) is 28.9 Å². The fourth-order valence-corrected chi connectivity index (χ4v) is 8.26. The molecule has 6 rings (SSSR count). The number of benzene rings is 3. The van der Waals surface area contributed by atoms with Crippen molar-refractivity contribution < 1.29 is 23.9 Å². The van der Waals surface area contributed by atoms with Crippen molar-refractivity contribution in [3.8, 4) is 0 Å². The molecule has 3 aliphatic rings. The number of para-hydroxylation sites is 1. The minimum Gasteiger partial charge on any atom is -0.462 e. The number of ether oxygens (including phenoxy) is 1. The Bertz CT molecular complexity index is 1740. The Morgan fingerprint density at radius 1 is 0.922 bits per heavy atom. The first-order chi connectivity index (χ1) is 24.6. The molecule has 270 valence electrons. The maximum absolute atomic E-state index is 14.1. The number of amides is 5. The van der Waals surface area contributed by atoms with Gasteiger partial charge in [0.05, 0.1) is 17.9 Å². The summed E-state index contributed by atoms with van der Waals surface area (Å²) in [7, 11) is 0. The zero-order valence-electron chi connectivity index (χ0n) is 28.6. The summed E-state index contributed by atoms with van der Waals surface area (Å²) in [6, 6.07) is 17.7. The Balaban J connectivity index is 1.09. The van der Waals surface area contributed by atoms with Gasteiger partial charge in [0.2, 0.25) is 5.91 Å². The Labute approximate surface area is 314 Å². The van der Waals surface area contributed by atoms with Crippen LogP contribution in [0.15, 0.2) is 69.6 Å². The van der Waals surface area contributed by atoms with E-state index >= 15 is 0 Å². The Morgan fingerprint density at radius 2 is 1.59 bits per heavy atom. The molecule has 2 fully saturated rings. The molecule has 51 heavy (non-hydrogen) atoms. The second kappa shape index (κ2) is 16.4. The number of hydrogen-bond acceptors (Lipinski definition) is 7. The molecule has 3 aromatic carbocycles. The van der Waals surface area contributed by atoms with Gasteiger partial charge in [0, 0.05) is 78.6 Å². The topological polar surface area (TPSA) is 141 Å². The van der Waals surface area contributed by atoms with E-state index < -0.39 is 6.04 Å². The summed E-state index contributed by atoms with van der Waals surface area (Å²) in [4.78, 5) is 60.7. The van der Waals surface area contributed by atoms with Gasteiger partial charge in [-0.1, -0.05) is 18.2 Å². The van der Waals surface area contributed by atoms with Crippen molar-refractivity contribution in [3.05, 3.63) is 86.3 Å². The lowest BCUT2D eigenvalue weighted by atomic mass is 10.0. The van der Waals surface area contributed by atoms with Crippen LogP contribution in [-0.4, -0.2) is 103 Å². The minimum absolute atomic E-state index is 0.0166. The number of nitrogens with one attached hydrogen (secondary N) is 2. The molecule has 1 atom stereocenters. The zero-order chi connectivity index (χ0) is 36.1. The average Bonchev–Trinajstić information content (AvgIpc) is 3.31. The Morgan fingerprint density at radius 3 is 2.25 bits per heavy atom. The summed E-state index contributed by atoms with van der Waals surface area (Å²) in [5, 5.41) is 6.11. The van der Waals surface area contributed by atoms with Crippen molar-refractivity contribution in [1.29, 1.82) is 0 Å². The molecule has 5 amide bonds. The van der Waals surface area contributed by atoms with Crippen LogP contribution in [0.1, 0.15) is 41.3 Å². The second-order valence-corrected chi connectivity index (χ2v) is 14.7. The molecular formula is C37H43Br2N7O5. The molecule has 3 aromatic rings. The van der Waals surface area contributed by atoms with Gasteiger partial charge in [-0.15, -0.1) is 0 Å². The highest BCUT2D eigenvalue weighted by Gasteiger charge is 2.34. The number of piperazine rings is 1. The third kappa shape index (κ3) is 8.61. The summed E-state index contributed by atoms with van der Waals surface area (Å²) < 4.78 is 6.50. The summed E-state index contributed by atoms with van der Waals surface area (Å²) in [6.07, 6.45) is 2.35. The standard InChI is InChI=1S/C37H43Br2N7O5/c1-2-51-35(48)26-7-9-27(10-8-26)43-17-19-44(20-18-43)34(47)32(23-24-21-29(38)33(40)30(39)22-24)42-36(49)45-14-12-28(13-15-45)46-16-11-25-5-3-4-6-31(25)41-37(46)50/h3-10,21-22,28,32H,2,11-20,23,40H2,1H3,(H,41,50)(H,42,49)/t32-/m0/s1. The lowest BCUT2D eigenvalue weighted by Gasteiger charge is -2.39. The number of rotatable bonds is 8. The molecule has 0 spiro atoms. The third-order valence-corrected chi connectivity index (χ3v) is 11.2. The number of esters is 1. The molecule has 3 heterocycles. The largest absolute Gasteiger partial charge is 0.462 e. The predicted molar refractivity (Wildman–Crippen MR) is 204 cm³/mol. The normalized spacial score (nSPS) is 17.3. The third-order valence-electron chi connectivity index (χ3n) is 9.84. The van der Waals surface area contributed by atoms with Crippen LogP contribution < -0.4 is 21.3 Å². The molecule has 12 nitrogen and oxygen atoms in total. The van der Waals surface area contributed by atoms with E-state index in [2.05, 4.69) is 47.4 Å². The van der Waals surface area contributed by atoms with E-state index in [1.807, 2.05) is 53.4 Å². The SMILES string of the molecule is CCOC(=O)c1ccc(N2CCN(C(=O)[C@H](Cc3cc(Br)c(N)c(Br)c3)NC(=O)N3CCC(N4CCc5ccccc5NC4=O)CC3)CC2)cc1. The lowest BCUT2D eigenvalue weighted by molar-refractivity contribution is -0.133. The number of halogens is 2. The first-order valence-electron chi connectivity index (χ1n) is 17.4. The van der Waals surface area contributed by atoms with E-state index in [0.717, 1.165) is 28.9 Å². The van der Waals surface area contributed by atoms with Crippen molar-refractivity contribution in [3.63, 3.8) is 0 Å². The van der Waals surface area contributed by atoms with E-state index in [4.69, 9.17) is 10.5 Å². The van der Waals surface area contributed by atoms with Gasteiger partial charge < -0.3 is 40.7 Å². The highest BCUT2D eigenvalue weighted by Crippen LogP contribution is 2.31. The van der Waals surface area contributed by atoms with Crippen LogP contribution in [0.5, 0.6) is 0 Å². The van der Waals surface area contributed by atoms with Crippen LogP contribution in [-0.2, 0) is 22.4 Å². The highest BCUT2D eigenvalue weighted by atomic mass is 79.9. The van der Waals surface area contributed by atoms with Crippen molar-refractivity contribution in [2.24, 2.45) is 0 Å². The van der Waals surface area contributed by atoms with E-state index in [1.165, 1.54) is 0 Å². The number of nitrogens with zero attached hydrogens (tertiary/aromatic N) is 4. The van der Waals surface area contributed by atoms with Gasteiger partial charge in [0.15, 0.2) is 0 Å². The number of hydrogen-bond donors (Lipinski definition) is 3. The van der Waals surface area contributed by atoms with Crippen LogP contribution in [0.25, 0.3) is 0 Å². The van der Waals surface area contributed by atoms with Crippen molar-refractivity contribution in [2.45, 2.75) is 44.7 Å². The van der Waals surface area contributed by atoms with Crippen LogP contribution >= 0.6 is 31.9 Å². The van der Waals surface area contributed by atoms with E-state index in [9.17, 15) is 19.2 Å². The van der Waals surface area contributed by atoms with Gasteiger partial charge in [-0.05, 0) is 112 Å². The number of likely N-dealkylation sites (tertiary alicyclic amines) is 1. The number of fused-ring (bicyclic) bond motifs is 1. The summed E-state index contributed by atoms with van der Waals surface area (Å²) in [5.41, 5.74) is 11.0. The molecule has 2 saturated heterocycles. The molecule has 0 bridgehead atoms. The number of nitrogens with two attached hydrogens (primary N) is 1. The van der Waals surface area contributed by atoms with E-state index in [-0.39, 0.29) is 36.4 Å². The molecule has 3 aliphatic heterocycles. The lowest BCUT2D eigenvalue weighted by Crippen LogP contribution is -2.58. The number of anilines is 3. The molecule has 14 heteroatoms. The maximum Gasteiger partial charge on any atom is 0.338 e. The second-order valence-electron chi connectivity index (χ2n) is 13.0. The quantitative estimate of drug-likeness (QED) is 0.202. The van der Waals surface area contributed by atoms with Crippen LogP contribution in [0.4, 0.5) is 26.7 Å². The molecule has 0 saturated carbocycles. The smallest absolute Gasteiger partial charge is 0.338 e. The Kier molecular flexibility index (Phi) is 11.7. The van der Waals surface area contributed by atoms with Gasteiger partial charge in [-0.25, -0.2) is 14.4 Å². The Hall–Kier alpha value is -4.30. The first kappa shape index (κ1) is 36.5. The van der Waals surface area contributed by atoms with E-state index in [0.29, 0.717) is 85.5 Å². The van der Waals surface area contributed by atoms with Gasteiger partial charge in [0.25, 0.3) is 0 Å². The monoisotopic (exact) mass is 823 g/mol. The van der Waals surface area contributed by atoms with Gasteiger partial charge >= 0.3 is 18.0 Å². The highest BCUT2D eigenvalue weighted by molar-refractivity contribution is 9.11. The van der Waals surface area contributed by atoms with Crippen LogP contribution in [0, 0.1) is 0 Å². The number of piperidine rings is 1. The molecule has 4 N–H and O–H groups in total. The van der Waals surface area contributed by atoms with Gasteiger partial charge in [0.1, 0.15) is 6.04 Å². The number of carbonyl (C=O) groups excluding carboxylic acids is 4. The summed E-state index contributed by atoms with van der Waals surface area (Å²) in [6.45, 7) is 5.83. The summed E-state index contributed by atoms with van der Waals surface area (Å²) >= 11 is 7.02. The fourth-order valence-electron chi connectivity index (χ4n) is 6.98. The number of urea groups is 2. The first-order valence-corrected chi connectivity index (χ1v) is 18.9. The van der Waals surface area contributed by atoms with Crippen molar-refractivity contribution in [1.82, 2.24) is 20.0 Å². The zero-order valence-corrected chi connectivity index (χ0v) is 31.7. The molecule has 0 aromatic heterocycles. The molecule has 0 aliphatic carbocycles. The van der Waals surface area contributed by atoms with Crippen LogP contribution in [0.3, 0.4) is 0 Å². The van der Waals surface area contributed by atoms with Gasteiger partial charge in [-0.3, -0.25) is 4.79 Å². The molecule has 0 radical (unpaired) electrons. The average molecular weight is 826 g/mol. The van der Waals surface area contributed by atoms with Gasteiger partial charge in [-0.2, -0.15) is 0 Å². The van der Waals surface area contributed by atoms with Crippen molar-refractivity contribution >= 4 is 72.9 Å². The maximum atomic E-state index is 14.1. The molecule has 0 unspecified atom stereocenters.